The molecule has 2 rings (SSSR count). The minimum Gasteiger partial charge on any atom is -0.495 e. The molecule has 0 aliphatic rings. The normalized spacial score (nSPS) is 10.2. The Morgan fingerprint density at radius 2 is 2.05 bits per heavy atom. The van der Waals surface area contributed by atoms with E-state index in [1.54, 1.807) is 13.2 Å². The monoisotopic (exact) mass is 356 g/mol. The van der Waals surface area contributed by atoms with E-state index < -0.39 is 0 Å². The quantitative estimate of drug-likeness (QED) is 0.844. The van der Waals surface area contributed by atoms with E-state index in [0.717, 1.165) is 22.5 Å². The fraction of sp³-hybridized carbons (Fsp3) is 0.231. The summed E-state index contributed by atoms with van der Waals surface area (Å²) in [6, 6.07) is 5.43. The lowest BCUT2D eigenvalue weighted by Crippen LogP contribution is -2.03. The second kappa shape index (κ2) is 6.76. The van der Waals surface area contributed by atoms with Crippen LogP contribution in [0.25, 0.3) is 0 Å². The Morgan fingerprint density at radius 3 is 2.75 bits per heavy atom. The van der Waals surface area contributed by atoms with Gasteiger partial charge in [0.15, 0.2) is 0 Å². The Bertz CT molecular complexity index is 609. The zero-order valence-corrected chi connectivity index (χ0v) is 13.4. The summed E-state index contributed by atoms with van der Waals surface area (Å²) in [6.45, 7) is 2.79. The first-order valence-corrected chi connectivity index (χ1v) is 7.17. The van der Waals surface area contributed by atoms with Gasteiger partial charge >= 0.3 is 0 Å². The van der Waals surface area contributed by atoms with Crippen LogP contribution in [0.1, 0.15) is 6.92 Å². The van der Waals surface area contributed by atoms with E-state index in [0.29, 0.717) is 16.6 Å². The first-order chi connectivity index (χ1) is 9.65. The maximum Gasteiger partial charge on any atom is 0.150 e. The van der Waals surface area contributed by atoms with Crippen molar-refractivity contribution >= 4 is 44.9 Å². The molecule has 0 unspecified atom stereocenters. The highest BCUT2D eigenvalue weighted by Crippen LogP contribution is 2.32. The molecule has 2 N–H and O–H groups in total. The van der Waals surface area contributed by atoms with Crippen LogP contribution in [0.4, 0.5) is 17.3 Å². The molecule has 1 aromatic carbocycles. The number of nitrogens with one attached hydrogen (secondary N) is 2. The predicted octanol–water partition coefficient (Wildman–Crippen LogP) is 4.08. The molecule has 2 aromatic rings. The van der Waals surface area contributed by atoms with Gasteiger partial charge in [-0.3, -0.25) is 0 Å². The van der Waals surface area contributed by atoms with E-state index in [-0.39, 0.29) is 0 Å². The van der Waals surface area contributed by atoms with Crippen molar-refractivity contribution in [2.75, 3.05) is 24.3 Å². The minimum absolute atomic E-state index is 0.563. The van der Waals surface area contributed by atoms with Crippen molar-refractivity contribution in [1.29, 1.82) is 0 Å². The maximum atomic E-state index is 6.00. The van der Waals surface area contributed by atoms with Crippen LogP contribution in [0, 0.1) is 0 Å². The second-order valence-electron chi connectivity index (χ2n) is 3.89. The van der Waals surface area contributed by atoms with Crippen molar-refractivity contribution in [2.24, 2.45) is 0 Å². The number of halogens is 2. The molecule has 1 aromatic heterocycles. The molecule has 0 saturated heterocycles. The van der Waals surface area contributed by atoms with E-state index in [4.69, 9.17) is 16.3 Å². The van der Waals surface area contributed by atoms with Gasteiger partial charge in [0, 0.05) is 18.3 Å². The first-order valence-electron chi connectivity index (χ1n) is 6.00. The Morgan fingerprint density at radius 1 is 1.30 bits per heavy atom. The van der Waals surface area contributed by atoms with Gasteiger partial charge in [0.2, 0.25) is 0 Å². The molecule has 7 heteroatoms. The fourth-order valence-corrected chi connectivity index (χ4v) is 2.26. The Kier molecular flexibility index (Phi) is 5.03. The van der Waals surface area contributed by atoms with E-state index >= 15 is 0 Å². The van der Waals surface area contributed by atoms with Crippen LogP contribution >= 0.6 is 27.5 Å². The summed E-state index contributed by atoms with van der Waals surface area (Å²) in [5.74, 6) is 2.01. The molecule has 0 atom stereocenters. The summed E-state index contributed by atoms with van der Waals surface area (Å²) < 4.78 is 5.96. The van der Waals surface area contributed by atoms with Crippen molar-refractivity contribution in [1.82, 2.24) is 9.97 Å². The van der Waals surface area contributed by atoms with Gasteiger partial charge in [-0.1, -0.05) is 11.6 Å². The Labute approximate surface area is 130 Å². The highest BCUT2D eigenvalue weighted by Gasteiger charge is 2.09. The van der Waals surface area contributed by atoms with Crippen LogP contribution in [-0.2, 0) is 0 Å². The van der Waals surface area contributed by atoms with E-state index in [1.165, 1.54) is 6.33 Å². The molecule has 0 bridgehead atoms. The SMILES string of the molecule is CCNc1ncnc(Nc2ccc(Cl)c(OC)c2)c1Br. The number of rotatable bonds is 5. The highest BCUT2D eigenvalue weighted by atomic mass is 79.9. The smallest absolute Gasteiger partial charge is 0.150 e. The number of hydrogen-bond acceptors (Lipinski definition) is 5. The van der Waals surface area contributed by atoms with Crippen LogP contribution in [-0.4, -0.2) is 23.6 Å². The van der Waals surface area contributed by atoms with Gasteiger partial charge < -0.3 is 15.4 Å². The summed E-state index contributed by atoms with van der Waals surface area (Å²) in [7, 11) is 1.58. The van der Waals surface area contributed by atoms with Crippen molar-refractivity contribution in [3.8, 4) is 5.75 Å². The molecule has 0 spiro atoms. The zero-order valence-electron chi connectivity index (χ0n) is 11.1. The predicted molar refractivity (Wildman–Crippen MR) is 85.2 cm³/mol. The first kappa shape index (κ1) is 14.9. The molecule has 0 aliphatic carbocycles. The number of anilines is 3. The molecule has 0 saturated carbocycles. The van der Waals surface area contributed by atoms with Crippen molar-refractivity contribution < 1.29 is 4.74 Å². The van der Waals surface area contributed by atoms with Gasteiger partial charge in [-0.2, -0.15) is 0 Å². The molecular formula is C13H14BrClN4O. The van der Waals surface area contributed by atoms with Crippen molar-refractivity contribution in [3.05, 3.63) is 34.0 Å². The van der Waals surface area contributed by atoms with Gasteiger partial charge in [-0.25, -0.2) is 9.97 Å². The number of nitrogens with zero attached hydrogens (tertiary/aromatic N) is 2. The largest absolute Gasteiger partial charge is 0.495 e. The highest BCUT2D eigenvalue weighted by molar-refractivity contribution is 9.10. The fourth-order valence-electron chi connectivity index (χ4n) is 1.62. The number of benzene rings is 1. The van der Waals surface area contributed by atoms with Crippen LogP contribution in [0.2, 0.25) is 5.02 Å². The number of methoxy groups -OCH3 is 1. The van der Waals surface area contributed by atoms with Crippen LogP contribution in [0.3, 0.4) is 0 Å². The van der Waals surface area contributed by atoms with Crippen LogP contribution < -0.4 is 15.4 Å². The molecule has 0 aliphatic heterocycles. The number of hydrogen-bond donors (Lipinski definition) is 2. The maximum absolute atomic E-state index is 6.00. The topological polar surface area (TPSA) is 59.1 Å². The number of aromatic nitrogens is 2. The molecule has 1 heterocycles. The van der Waals surface area contributed by atoms with Crippen molar-refractivity contribution in [2.45, 2.75) is 6.92 Å². The minimum atomic E-state index is 0.563. The molecule has 106 valence electrons. The third-order valence-electron chi connectivity index (χ3n) is 2.55. The molecule has 0 fully saturated rings. The van der Waals surface area contributed by atoms with Gasteiger partial charge in [-0.15, -0.1) is 0 Å². The van der Waals surface area contributed by atoms with E-state index in [9.17, 15) is 0 Å². The van der Waals surface area contributed by atoms with Gasteiger partial charge in [-0.05, 0) is 35.0 Å². The van der Waals surface area contributed by atoms with Gasteiger partial charge in [0.25, 0.3) is 0 Å². The molecule has 0 radical (unpaired) electrons. The van der Waals surface area contributed by atoms with Gasteiger partial charge in [0.1, 0.15) is 28.2 Å². The lowest BCUT2D eigenvalue weighted by Gasteiger charge is -2.12. The number of ether oxygens (including phenoxy) is 1. The molecular weight excluding hydrogens is 344 g/mol. The summed E-state index contributed by atoms with van der Waals surface area (Å²) >= 11 is 9.48. The summed E-state index contributed by atoms with van der Waals surface area (Å²) in [4.78, 5) is 8.37. The van der Waals surface area contributed by atoms with Gasteiger partial charge in [0.05, 0.1) is 12.1 Å². The summed E-state index contributed by atoms with van der Waals surface area (Å²) in [5, 5.41) is 6.91. The molecule has 0 amide bonds. The van der Waals surface area contributed by atoms with Crippen molar-refractivity contribution in [3.63, 3.8) is 0 Å². The van der Waals surface area contributed by atoms with E-state index in [2.05, 4.69) is 36.5 Å². The average Bonchev–Trinajstić information content (AvgIpc) is 2.45. The standard InChI is InChI=1S/C13H14BrClN4O/c1-3-16-12-11(14)13(18-7-17-12)19-8-4-5-9(15)10(6-8)20-2/h4-7H,3H2,1-2H3,(H2,16,17,18,19). The van der Waals surface area contributed by atoms with Crippen LogP contribution in [0.5, 0.6) is 5.75 Å². The third kappa shape index (κ3) is 3.32. The lowest BCUT2D eigenvalue weighted by atomic mass is 10.3. The third-order valence-corrected chi connectivity index (χ3v) is 3.61. The van der Waals surface area contributed by atoms with E-state index in [1.807, 2.05) is 19.1 Å². The summed E-state index contributed by atoms with van der Waals surface area (Å²) in [6.07, 6.45) is 1.50. The summed E-state index contributed by atoms with van der Waals surface area (Å²) in [5.41, 5.74) is 0.827. The molecule has 5 nitrogen and oxygen atoms in total. The molecule has 20 heavy (non-hydrogen) atoms. The Hall–Kier alpha value is -1.53. The lowest BCUT2D eigenvalue weighted by molar-refractivity contribution is 0.415. The Balaban J connectivity index is 2.28. The zero-order chi connectivity index (χ0) is 14.5. The second-order valence-corrected chi connectivity index (χ2v) is 5.09. The van der Waals surface area contributed by atoms with Crippen LogP contribution in [0.15, 0.2) is 29.0 Å². The average molecular weight is 358 g/mol.